The summed E-state index contributed by atoms with van der Waals surface area (Å²) in [5.41, 5.74) is 8.61. The molecule has 0 saturated carbocycles. The average molecular weight is 364 g/mol. The zero-order chi connectivity index (χ0) is 19.3. The summed E-state index contributed by atoms with van der Waals surface area (Å²) < 4.78 is 0. The minimum atomic E-state index is 1.05. The van der Waals surface area contributed by atoms with Crippen LogP contribution in [0.2, 0.25) is 0 Å². The Morgan fingerprint density at radius 3 is 1.54 bits per heavy atom. The lowest BCUT2D eigenvalue weighted by Crippen LogP contribution is -2.09. The normalized spacial score (nSPS) is 10.6. The van der Waals surface area contributed by atoms with E-state index in [1.165, 1.54) is 27.9 Å². The quantitative estimate of drug-likeness (QED) is 0.351. The fraction of sp³-hybridized carbons (Fsp3) is 0.111. The zero-order valence-corrected chi connectivity index (χ0v) is 16.5. The largest absolute Gasteiger partial charge is 0.311 e. The minimum absolute atomic E-state index is 1.05. The molecule has 0 radical (unpaired) electrons. The standard InChI is InChI=1S/C27H25N/c1-3-22-11-17-26(18-12-22)28(25-7-5-4-6-8-25)27-19-15-24(16-20-27)23-13-9-21(2)10-14-23/h4-20H,3H2,1-2H3. The van der Waals surface area contributed by atoms with Crippen molar-refractivity contribution in [3.63, 3.8) is 0 Å². The van der Waals surface area contributed by atoms with E-state index in [4.69, 9.17) is 0 Å². The van der Waals surface area contributed by atoms with Crippen LogP contribution in [-0.4, -0.2) is 0 Å². The number of hydrogen-bond acceptors (Lipinski definition) is 1. The lowest BCUT2D eigenvalue weighted by molar-refractivity contribution is 1.14. The molecular formula is C27H25N. The number of aryl methyl sites for hydroxylation is 2. The smallest absolute Gasteiger partial charge is 0.0462 e. The summed E-state index contributed by atoms with van der Waals surface area (Å²) in [6, 6.07) is 36.9. The molecule has 4 rings (SSSR count). The van der Waals surface area contributed by atoms with Crippen molar-refractivity contribution < 1.29 is 0 Å². The Morgan fingerprint density at radius 2 is 1.00 bits per heavy atom. The summed E-state index contributed by atoms with van der Waals surface area (Å²) in [4.78, 5) is 2.30. The molecule has 138 valence electrons. The average Bonchev–Trinajstić information content (AvgIpc) is 2.76. The number of para-hydroxylation sites is 1. The van der Waals surface area contributed by atoms with E-state index in [-0.39, 0.29) is 0 Å². The summed E-state index contributed by atoms with van der Waals surface area (Å²) in [5, 5.41) is 0. The molecule has 0 aromatic heterocycles. The van der Waals surface area contributed by atoms with Crippen molar-refractivity contribution in [1.82, 2.24) is 0 Å². The van der Waals surface area contributed by atoms with Gasteiger partial charge in [-0.25, -0.2) is 0 Å². The van der Waals surface area contributed by atoms with E-state index < -0.39 is 0 Å². The Kier molecular flexibility index (Phi) is 5.25. The first-order chi connectivity index (χ1) is 13.7. The van der Waals surface area contributed by atoms with Crippen molar-refractivity contribution >= 4 is 17.1 Å². The molecule has 0 fully saturated rings. The van der Waals surface area contributed by atoms with Gasteiger partial charge in [0.1, 0.15) is 0 Å². The van der Waals surface area contributed by atoms with Crippen molar-refractivity contribution in [2.75, 3.05) is 4.90 Å². The third-order valence-electron chi connectivity index (χ3n) is 5.13. The fourth-order valence-electron chi connectivity index (χ4n) is 3.45. The summed E-state index contributed by atoms with van der Waals surface area (Å²) in [6.45, 7) is 4.31. The van der Waals surface area contributed by atoms with E-state index in [0.717, 1.165) is 17.8 Å². The van der Waals surface area contributed by atoms with Crippen LogP contribution < -0.4 is 4.90 Å². The second-order valence-electron chi connectivity index (χ2n) is 7.10. The SMILES string of the molecule is CCc1ccc(N(c2ccccc2)c2ccc(-c3ccc(C)cc3)cc2)cc1. The molecule has 0 unspecified atom stereocenters. The second-order valence-corrected chi connectivity index (χ2v) is 7.10. The van der Waals surface area contributed by atoms with Gasteiger partial charge in [0.2, 0.25) is 0 Å². The molecule has 0 aliphatic rings. The topological polar surface area (TPSA) is 3.24 Å². The van der Waals surface area contributed by atoms with Gasteiger partial charge in [-0.3, -0.25) is 0 Å². The molecule has 4 aromatic carbocycles. The highest BCUT2D eigenvalue weighted by Crippen LogP contribution is 2.35. The Balaban J connectivity index is 1.73. The van der Waals surface area contributed by atoms with E-state index in [1.54, 1.807) is 0 Å². The third-order valence-corrected chi connectivity index (χ3v) is 5.13. The van der Waals surface area contributed by atoms with Gasteiger partial charge in [0.05, 0.1) is 0 Å². The monoisotopic (exact) mass is 363 g/mol. The highest BCUT2D eigenvalue weighted by atomic mass is 15.1. The summed E-state index contributed by atoms with van der Waals surface area (Å²) in [6.07, 6.45) is 1.05. The van der Waals surface area contributed by atoms with Crippen molar-refractivity contribution in [2.45, 2.75) is 20.3 Å². The molecule has 0 spiro atoms. The number of anilines is 3. The van der Waals surface area contributed by atoms with Gasteiger partial charge < -0.3 is 4.90 Å². The van der Waals surface area contributed by atoms with Gasteiger partial charge in [-0.1, -0.05) is 79.2 Å². The predicted molar refractivity (Wildman–Crippen MR) is 121 cm³/mol. The van der Waals surface area contributed by atoms with E-state index in [0.29, 0.717) is 0 Å². The zero-order valence-electron chi connectivity index (χ0n) is 16.5. The van der Waals surface area contributed by atoms with Crippen LogP contribution in [0.15, 0.2) is 103 Å². The molecule has 0 atom stereocenters. The first-order valence-electron chi connectivity index (χ1n) is 9.86. The Hall–Kier alpha value is -3.32. The van der Waals surface area contributed by atoms with Crippen LogP contribution in [0, 0.1) is 6.92 Å². The predicted octanol–water partition coefficient (Wildman–Crippen LogP) is 7.69. The van der Waals surface area contributed by atoms with Crippen LogP contribution in [0.25, 0.3) is 11.1 Å². The van der Waals surface area contributed by atoms with Crippen molar-refractivity contribution in [3.8, 4) is 11.1 Å². The van der Waals surface area contributed by atoms with Crippen LogP contribution in [0.1, 0.15) is 18.1 Å². The molecule has 0 saturated heterocycles. The molecule has 1 heteroatoms. The van der Waals surface area contributed by atoms with E-state index >= 15 is 0 Å². The highest BCUT2D eigenvalue weighted by molar-refractivity contribution is 5.78. The van der Waals surface area contributed by atoms with Gasteiger partial charge >= 0.3 is 0 Å². The number of hydrogen-bond donors (Lipinski definition) is 0. The van der Waals surface area contributed by atoms with E-state index in [9.17, 15) is 0 Å². The van der Waals surface area contributed by atoms with Gasteiger partial charge in [0, 0.05) is 17.1 Å². The summed E-state index contributed by atoms with van der Waals surface area (Å²) >= 11 is 0. The number of nitrogens with zero attached hydrogens (tertiary/aromatic N) is 1. The molecule has 1 nitrogen and oxygen atoms in total. The molecule has 4 aromatic rings. The van der Waals surface area contributed by atoms with E-state index in [1.807, 2.05) is 0 Å². The Morgan fingerprint density at radius 1 is 0.536 bits per heavy atom. The van der Waals surface area contributed by atoms with Gasteiger partial charge in [0.25, 0.3) is 0 Å². The molecule has 0 heterocycles. The van der Waals surface area contributed by atoms with E-state index in [2.05, 4.69) is 122 Å². The Bertz CT molecular complexity index is 1010. The van der Waals surface area contributed by atoms with Gasteiger partial charge in [-0.2, -0.15) is 0 Å². The van der Waals surface area contributed by atoms with Crippen molar-refractivity contribution in [1.29, 1.82) is 0 Å². The first-order valence-corrected chi connectivity index (χ1v) is 9.86. The van der Waals surface area contributed by atoms with Crippen molar-refractivity contribution in [3.05, 3.63) is 114 Å². The van der Waals surface area contributed by atoms with Crippen LogP contribution in [0.4, 0.5) is 17.1 Å². The molecule has 0 N–H and O–H groups in total. The third kappa shape index (κ3) is 3.84. The van der Waals surface area contributed by atoms with Crippen LogP contribution in [-0.2, 0) is 6.42 Å². The molecule has 28 heavy (non-hydrogen) atoms. The lowest BCUT2D eigenvalue weighted by Gasteiger charge is -2.25. The highest BCUT2D eigenvalue weighted by Gasteiger charge is 2.12. The Labute approximate surface area is 167 Å². The second kappa shape index (κ2) is 8.14. The van der Waals surface area contributed by atoms with Crippen molar-refractivity contribution in [2.24, 2.45) is 0 Å². The summed E-state index contributed by atoms with van der Waals surface area (Å²) in [7, 11) is 0. The number of rotatable bonds is 5. The molecule has 0 aliphatic carbocycles. The molecule has 0 aliphatic heterocycles. The molecule has 0 bridgehead atoms. The van der Waals surface area contributed by atoms with Crippen LogP contribution in [0.3, 0.4) is 0 Å². The maximum absolute atomic E-state index is 2.30. The molecule has 0 amide bonds. The summed E-state index contributed by atoms with van der Waals surface area (Å²) in [5.74, 6) is 0. The van der Waals surface area contributed by atoms with Gasteiger partial charge in [-0.15, -0.1) is 0 Å². The number of benzene rings is 4. The molecular weight excluding hydrogens is 338 g/mol. The maximum Gasteiger partial charge on any atom is 0.0462 e. The van der Waals surface area contributed by atoms with Crippen LogP contribution >= 0.6 is 0 Å². The lowest BCUT2D eigenvalue weighted by atomic mass is 10.0. The van der Waals surface area contributed by atoms with Gasteiger partial charge in [0.15, 0.2) is 0 Å². The minimum Gasteiger partial charge on any atom is -0.311 e. The maximum atomic E-state index is 2.30. The first kappa shape index (κ1) is 18.1. The van der Waals surface area contributed by atoms with Gasteiger partial charge in [-0.05, 0) is 66.4 Å². The van der Waals surface area contributed by atoms with Crippen LogP contribution in [0.5, 0.6) is 0 Å². The fourth-order valence-corrected chi connectivity index (χ4v) is 3.45.